The molecule has 0 spiro atoms. The highest BCUT2D eigenvalue weighted by atomic mass is 79.9. The van der Waals surface area contributed by atoms with Gasteiger partial charge in [0.25, 0.3) is 5.91 Å². The molecule has 0 bridgehead atoms. The lowest BCUT2D eigenvalue weighted by molar-refractivity contribution is -0.129. The van der Waals surface area contributed by atoms with Gasteiger partial charge in [0.2, 0.25) is 5.91 Å². The number of halogens is 1. The number of aliphatic hydroxyl groups excluding tert-OH is 1. The highest BCUT2D eigenvalue weighted by molar-refractivity contribution is 9.12. The molecule has 4 atom stereocenters. The van der Waals surface area contributed by atoms with Gasteiger partial charge in [-0.3, -0.25) is 9.59 Å². The third-order valence-electron chi connectivity index (χ3n) is 4.31. The van der Waals surface area contributed by atoms with Crippen molar-refractivity contribution in [2.45, 2.75) is 32.4 Å². The second-order valence-electron chi connectivity index (χ2n) is 6.18. The molecule has 0 aromatic rings. The quantitative estimate of drug-likeness (QED) is 0.671. The first-order valence-electron chi connectivity index (χ1n) is 7.46. The number of likely N-dealkylation sites (tertiary alicyclic amines) is 1. The number of hydrogen-bond donors (Lipinski definition) is 2. The lowest BCUT2D eigenvalue weighted by atomic mass is 10.2. The number of aliphatic hydroxyl groups is 1. The molecule has 1 aliphatic carbocycles. The monoisotopic (exact) mass is 390 g/mol. The zero-order chi connectivity index (χ0) is 16.4. The van der Waals surface area contributed by atoms with Gasteiger partial charge in [-0.25, -0.2) is 0 Å². The summed E-state index contributed by atoms with van der Waals surface area (Å²) in [5.41, 5.74) is 0.965. The van der Waals surface area contributed by atoms with Crippen LogP contribution >= 0.6 is 27.7 Å². The smallest absolute Gasteiger partial charge is 0.260 e. The van der Waals surface area contributed by atoms with Crippen molar-refractivity contribution in [2.24, 2.45) is 11.8 Å². The fourth-order valence-corrected chi connectivity index (χ4v) is 3.59. The summed E-state index contributed by atoms with van der Waals surface area (Å²) in [6.45, 7) is 5.16. The largest absolute Gasteiger partial charge is 0.383 e. The molecule has 1 aliphatic heterocycles. The molecule has 2 rings (SSSR count). The van der Waals surface area contributed by atoms with Gasteiger partial charge in [-0.2, -0.15) is 11.8 Å². The van der Waals surface area contributed by atoms with E-state index in [2.05, 4.69) is 21.2 Å². The van der Waals surface area contributed by atoms with Crippen LogP contribution in [0.4, 0.5) is 0 Å². The second-order valence-corrected chi connectivity index (χ2v) is 7.96. The summed E-state index contributed by atoms with van der Waals surface area (Å²) < 4.78 is 0.627. The van der Waals surface area contributed by atoms with E-state index in [1.54, 1.807) is 11.8 Å². The van der Waals surface area contributed by atoms with Crippen LogP contribution in [0.3, 0.4) is 0 Å². The Morgan fingerprint density at radius 1 is 1.36 bits per heavy atom. The molecule has 7 heteroatoms. The minimum atomic E-state index is -0.925. The maximum atomic E-state index is 12.2. The summed E-state index contributed by atoms with van der Waals surface area (Å²) >= 11 is 4.95. The Balaban J connectivity index is 1.78. The molecule has 2 unspecified atom stereocenters. The van der Waals surface area contributed by atoms with Crippen molar-refractivity contribution >= 4 is 39.5 Å². The molecule has 2 amide bonds. The molecule has 5 nitrogen and oxygen atoms in total. The predicted molar refractivity (Wildman–Crippen MR) is 91.8 cm³/mol. The number of nitrogens with zero attached hydrogens (tertiary/aromatic N) is 1. The highest BCUT2D eigenvalue weighted by Gasteiger charge is 2.57. The molecule has 2 N–H and O–H groups in total. The van der Waals surface area contributed by atoms with Gasteiger partial charge in [-0.15, -0.1) is 0 Å². The van der Waals surface area contributed by atoms with Crippen LogP contribution in [0, 0.1) is 11.8 Å². The number of allylic oxidation sites excluding steroid dienone is 1. The van der Waals surface area contributed by atoms with Crippen molar-refractivity contribution in [3.63, 3.8) is 0 Å². The normalized spacial score (nSPS) is 27.1. The SMILES string of the molecule is CSCCC(O)C(=O)NC1[C@H]2CN(C(=O)C(Br)=C(C)C)C[C@@H]12. The van der Waals surface area contributed by atoms with Gasteiger partial charge >= 0.3 is 0 Å². The van der Waals surface area contributed by atoms with Gasteiger partial charge in [0, 0.05) is 31.0 Å². The first kappa shape index (κ1) is 17.8. The number of amides is 2. The fourth-order valence-electron chi connectivity index (χ4n) is 2.88. The lowest BCUT2D eigenvalue weighted by Crippen LogP contribution is -2.41. The summed E-state index contributed by atoms with van der Waals surface area (Å²) in [6, 6.07) is 0.117. The van der Waals surface area contributed by atoms with Gasteiger partial charge in [0.1, 0.15) is 6.10 Å². The van der Waals surface area contributed by atoms with Crippen LogP contribution in [0.5, 0.6) is 0 Å². The number of rotatable bonds is 6. The average Bonchev–Trinajstić information content (AvgIpc) is 2.94. The van der Waals surface area contributed by atoms with Crippen molar-refractivity contribution in [3.8, 4) is 0 Å². The van der Waals surface area contributed by atoms with Crippen LogP contribution in [0.2, 0.25) is 0 Å². The molecular weight excluding hydrogens is 368 g/mol. The number of carbonyl (C=O) groups excluding carboxylic acids is 2. The molecular formula is C15H23BrN2O3S. The number of piperidine rings is 1. The summed E-state index contributed by atoms with van der Waals surface area (Å²) in [5.74, 6) is 1.18. The first-order valence-corrected chi connectivity index (χ1v) is 9.65. The Morgan fingerprint density at radius 3 is 2.45 bits per heavy atom. The molecule has 2 fully saturated rings. The molecule has 0 aromatic carbocycles. The standard InChI is InChI=1S/C15H23BrN2O3S/c1-8(2)12(16)15(21)18-6-9-10(7-18)13(9)17-14(20)11(19)4-5-22-3/h9-11,13,19H,4-7H2,1-3H3,(H,17,20)/t9-,10+,11?,13?. The Bertz CT molecular complexity index is 481. The molecule has 2 aliphatic rings. The predicted octanol–water partition coefficient (Wildman–Crippen LogP) is 1.36. The van der Waals surface area contributed by atoms with Crippen molar-refractivity contribution < 1.29 is 14.7 Å². The van der Waals surface area contributed by atoms with Crippen LogP contribution in [-0.2, 0) is 9.59 Å². The molecule has 0 aromatic heterocycles. The number of thioether (sulfide) groups is 1. The van der Waals surface area contributed by atoms with Crippen LogP contribution in [0.15, 0.2) is 10.1 Å². The zero-order valence-corrected chi connectivity index (χ0v) is 15.5. The number of nitrogens with one attached hydrogen (secondary N) is 1. The second kappa shape index (κ2) is 7.36. The van der Waals surface area contributed by atoms with Crippen molar-refractivity contribution in [1.82, 2.24) is 10.2 Å². The van der Waals surface area contributed by atoms with Crippen LogP contribution in [0.25, 0.3) is 0 Å². The van der Waals surface area contributed by atoms with Gasteiger partial charge in [0.05, 0.1) is 4.48 Å². The Morgan fingerprint density at radius 2 is 1.95 bits per heavy atom. The van der Waals surface area contributed by atoms with Gasteiger partial charge in [-0.05, 0) is 48.2 Å². The van der Waals surface area contributed by atoms with Crippen molar-refractivity contribution in [1.29, 1.82) is 0 Å². The summed E-state index contributed by atoms with van der Waals surface area (Å²) in [6.07, 6.45) is 1.51. The minimum Gasteiger partial charge on any atom is -0.383 e. The zero-order valence-electron chi connectivity index (χ0n) is 13.1. The molecule has 1 saturated heterocycles. The van der Waals surface area contributed by atoms with Crippen LogP contribution < -0.4 is 5.32 Å². The fraction of sp³-hybridized carbons (Fsp3) is 0.733. The summed E-state index contributed by atoms with van der Waals surface area (Å²) in [5, 5.41) is 12.7. The lowest BCUT2D eigenvalue weighted by Gasteiger charge is -2.21. The summed E-state index contributed by atoms with van der Waals surface area (Å²) in [4.78, 5) is 25.9. The molecule has 0 radical (unpaired) electrons. The molecule has 1 saturated carbocycles. The van der Waals surface area contributed by atoms with Gasteiger partial charge < -0.3 is 15.3 Å². The van der Waals surface area contributed by atoms with E-state index in [9.17, 15) is 14.7 Å². The van der Waals surface area contributed by atoms with E-state index in [0.29, 0.717) is 35.8 Å². The Hall–Kier alpha value is -0.530. The minimum absolute atomic E-state index is 0.0253. The molecule has 124 valence electrons. The number of fused-ring (bicyclic) bond motifs is 1. The number of carbonyl (C=O) groups is 2. The van der Waals surface area contributed by atoms with E-state index in [-0.39, 0.29) is 17.9 Å². The first-order chi connectivity index (χ1) is 10.4. The van der Waals surface area contributed by atoms with E-state index in [0.717, 1.165) is 11.3 Å². The van der Waals surface area contributed by atoms with Crippen LogP contribution in [-0.4, -0.2) is 59.1 Å². The maximum absolute atomic E-state index is 12.2. The van der Waals surface area contributed by atoms with E-state index in [4.69, 9.17) is 0 Å². The Labute approximate surface area is 144 Å². The number of hydrogen-bond acceptors (Lipinski definition) is 4. The van der Waals surface area contributed by atoms with E-state index in [1.807, 2.05) is 25.0 Å². The average molecular weight is 391 g/mol. The van der Waals surface area contributed by atoms with E-state index < -0.39 is 6.10 Å². The third-order valence-corrected chi connectivity index (χ3v) is 6.09. The molecule has 1 heterocycles. The topological polar surface area (TPSA) is 69.6 Å². The molecule has 22 heavy (non-hydrogen) atoms. The highest BCUT2D eigenvalue weighted by Crippen LogP contribution is 2.46. The summed E-state index contributed by atoms with van der Waals surface area (Å²) in [7, 11) is 0. The van der Waals surface area contributed by atoms with Gasteiger partial charge in [0.15, 0.2) is 0 Å². The van der Waals surface area contributed by atoms with Crippen molar-refractivity contribution in [3.05, 3.63) is 10.1 Å². The van der Waals surface area contributed by atoms with Crippen LogP contribution in [0.1, 0.15) is 20.3 Å². The van der Waals surface area contributed by atoms with Gasteiger partial charge in [-0.1, -0.05) is 5.57 Å². The third kappa shape index (κ3) is 3.86. The van der Waals surface area contributed by atoms with E-state index >= 15 is 0 Å². The Kier molecular flexibility index (Phi) is 5.96. The van der Waals surface area contributed by atoms with E-state index in [1.165, 1.54) is 0 Å². The van der Waals surface area contributed by atoms with Crippen molar-refractivity contribution in [2.75, 3.05) is 25.1 Å². The maximum Gasteiger partial charge on any atom is 0.260 e.